The van der Waals surface area contributed by atoms with Gasteiger partial charge in [0.05, 0.1) is 6.21 Å². The highest BCUT2D eigenvalue weighted by Crippen LogP contribution is 2.06. The average molecular weight is 286 g/mol. The van der Waals surface area contributed by atoms with Gasteiger partial charge in [0.15, 0.2) is 5.82 Å². The first-order valence-electron chi connectivity index (χ1n) is 6.64. The summed E-state index contributed by atoms with van der Waals surface area (Å²) in [5.74, 6) is 0.862. The number of hydrogen-bond acceptors (Lipinski definition) is 3. The molecule has 0 fully saturated rings. The van der Waals surface area contributed by atoms with Gasteiger partial charge in [-0.05, 0) is 36.7 Å². The summed E-state index contributed by atoms with van der Waals surface area (Å²) in [5, 5.41) is 11.4. The van der Waals surface area contributed by atoms with Crippen molar-refractivity contribution in [2.24, 2.45) is 5.10 Å². The normalized spacial score (nSPS) is 12.2. The van der Waals surface area contributed by atoms with Gasteiger partial charge in [-0.25, -0.2) is 0 Å². The van der Waals surface area contributed by atoms with Gasteiger partial charge in [-0.15, -0.1) is 0 Å². The lowest BCUT2D eigenvalue weighted by Crippen LogP contribution is -1.98. The largest absolute Gasteiger partial charge is 0.250 e. The Kier molecular flexibility index (Phi) is 5.01. The zero-order valence-corrected chi connectivity index (χ0v) is 12.5. The van der Waals surface area contributed by atoms with Crippen LogP contribution < -0.4 is 0 Å². The Labute approximate surface area is 123 Å². The molecule has 1 aromatic carbocycles. The molecule has 0 amide bonds. The molecule has 2 aromatic rings. The van der Waals surface area contributed by atoms with Crippen molar-refractivity contribution in [1.29, 1.82) is 0 Å². The van der Waals surface area contributed by atoms with Gasteiger partial charge in [-0.3, -0.25) is 5.10 Å². The standard InChI is InChI=1S/C15H18N4S/c1-3-7-14-17-18-15(20)19(14)16-11-12(2)10-13-8-5-4-6-9-13/h4-6,8-11H,3,7H2,1-2H3,(H,18,20)/b12-10-,16-11-. The van der Waals surface area contributed by atoms with Crippen LogP contribution in [0.25, 0.3) is 6.08 Å². The molecule has 2 rings (SSSR count). The minimum absolute atomic E-state index is 0.525. The van der Waals surface area contributed by atoms with Crippen molar-refractivity contribution < 1.29 is 0 Å². The molecular formula is C15H18N4S. The van der Waals surface area contributed by atoms with E-state index in [0.717, 1.165) is 29.8 Å². The predicted octanol–water partition coefficient (Wildman–Crippen LogP) is 3.83. The van der Waals surface area contributed by atoms with E-state index in [9.17, 15) is 0 Å². The molecule has 0 aliphatic rings. The Morgan fingerprint density at radius 2 is 2.15 bits per heavy atom. The molecule has 0 saturated carbocycles. The lowest BCUT2D eigenvalue weighted by Gasteiger charge is -1.98. The van der Waals surface area contributed by atoms with Gasteiger partial charge in [0.1, 0.15) is 0 Å². The van der Waals surface area contributed by atoms with Crippen LogP contribution in [-0.4, -0.2) is 21.1 Å². The molecule has 20 heavy (non-hydrogen) atoms. The minimum Gasteiger partial charge on any atom is -0.250 e. The highest BCUT2D eigenvalue weighted by atomic mass is 32.1. The van der Waals surface area contributed by atoms with E-state index in [2.05, 4.69) is 40.4 Å². The molecule has 4 nitrogen and oxygen atoms in total. The molecule has 1 heterocycles. The van der Waals surface area contributed by atoms with Crippen molar-refractivity contribution in [1.82, 2.24) is 14.9 Å². The number of nitrogens with zero attached hydrogens (tertiary/aromatic N) is 3. The van der Waals surface area contributed by atoms with Gasteiger partial charge in [0, 0.05) is 6.42 Å². The Morgan fingerprint density at radius 1 is 1.40 bits per heavy atom. The maximum atomic E-state index is 5.18. The lowest BCUT2D eigenvalue weighted by atomic mass is 10.1. The molecule has 0 radical (unpaired) electrons. The molecule has 0 aliphatic heterocycles. The Hall–Kier alpha value is -2.01. The fourth-order valence-corrected chi connectivity index (χ4v) is 2.03. The van der Waals surface area contributed by atoms with Crippen LogP contribution in [0.4, 0.5) is 0 Å². The van der Waals surface area contributed by atoms with E-state index in [1.54, 1.807) is 10.9 Å². The highest BCUT2D eigenvalue weighted by molar-refractivity contribution is 7.71. The van der Waals surface area contributed by atoms with Gasteiger partial charge in [-0.2, -0.15) is 14.9 Å². The summed E-state index contributed by atoms with van der Waals surface area (Å²) in [6.45, 7) is 4.12. The van der Waals surface area contributed by atoms with Crippen molar-refractivity contribution in [2.45, 2.75) is 26.7 Å². The number of H-pyrrole nitrogens is 1. The summed E-state index contributed by atoms with van der Waals surface area (Å²) < 4.78 is 2.21. The molecule has 0 saturated heterocycles. The lowest BCUT2D eigenvalue weighted by molar-refractivity contribution is 0.739. The fourth-order valence-electron chi connectivity index (χ4n) is 1.83. The maximum absolute atomic E-state index is 5.18. The quantitative estimate of drug-likeness (QED) is 0.670. The molecule has 104 valence electrons. The van der Waals surface area contributed by atoms with Crippen LogP contribution in [0.5, 0.6) is 0 Å². The van der Waals surface area contributed by atoms with E-state index in [4.69, 9.17) is 12.2 Å². The number of aromatic nitrogens is 3. The second-order valence-electron chi connectivity index (χ2n) is 4.55. The van der Waals surface area contributed by atoms with Crippen molar-refractivity contribution in [2.75, 3.05) is 0 Å². The van der Waals surface area contributed by atoms with Crippen molar-refractivity contribution in [3.63, 3.8) is 0 Å². The number of aryl methyl sites for hydroxylation is 1. The molecule has 0 bridgehead atoms. The molecule has 5 heteroatoms. The second kappa shape index (κ2) is 6.96. The van der Waals surface area contributed by atoms with Gasteiger partial charge in [0.25, 0.3) is 0 Å². The zero-order valence-electron chi connectivity index (χ0n) is 11.7. The number of aromatic amines is 1. The molecule has 1 aromatic heterocycles. The fraction of sp³-hybridized carbons (Fsp3) is 0.267. The number of nitrogens with one attached hydrogen (secondary N) is 1. The van der Waals surface area contributed by atoms with Crippen LogP contribution in [0.1, 0.15) is 31.7 Å². The van der Waals surface area contributed by atoms with Crippen LogP contribution in [-0.2, 0) is 6.42 Å². The van der Waals surface area contributed by atoms with Crippen LogP contribution in [0, 0.1) is 4.77 Å². The Bertz CT molecular complexity index is 665. The van der Waals surface area contributed by atoms with E-state index in [1.807, 2.05) is 25.1 Å². The highest BCUT2D eigenvalue weighted by Gasteiger charge is 2.02. The number of allylic oxidation sites excluding steroid dienone is 1. The molecule has 0 atom stereocenters. The minimum atomic E-state index is 0.525. The number of rotatable bonds is 5. The smallest absolute Gasteiger partial charge is 0.216 e. The van der Waals surface area contributed by atoms with Gasteiger partial charge >= 0.3 is 0 Å². The summed E-state index contributed by atoms with van der Waals surface area (Å²) in [5.41, 5.74) is 2.21. The molecule has 1 N–H and O–H groups in total. The first-order chi connectivity index (χ1) is 9.70. The van der Waals surface area contributed by atoms with E-state index >= 15 is 0 Å². The SMILES string of the molecule is CCCc1n[nH]c(=S)n1/N=C\C(C)=C/c1ccccc1. The summed E-state index contributed by atoms with van der Waals surface area (Å²) in [6, 6.07) is 10.2. The first-order valence-corrected chi connectivity index (χ1v) is 7.05. The molecule has 0 spiro atoms. The van der Waals surface area contributed by atoms with Gasteiger partial charge < -0.3 is 0 Å². The Balaban J connectivity index is 2.19. The second-order valence-corrected chi connectivity index (χ2v) is 4.94. The van der Waals surface area contributed by atoms with Crippen LogP contribution in [0.15, 0.2) is 41.0 Å². The summed E-state index contributed by atoms with van der Waals surface area (Å²) >= 11 is 5.18. The van der Waals surface area contributed by atoms with E-state index in [1.165, 1.54) is 0 Å². The van der Waals surface area contributed by atoms with Gasteiger partial charge in [0.2, 0.25) is 4.77 Å². The topological polar surface area (TPSA) is 46.0 Å². The van der Waals surface area contributed by atoms with Gasteiger partial charge in [-0.1, -0.05) is 43.3 Å². The van der Waals surface area contributed by atoms with Crippen molar-refractivity contribution in [3.05, 3.63) is 52.1 Å². The first kappa shape index (κ1) is 14.4. The summed E-state index contributed by atoms with van der Waals surface area (Å²) in [4.78, 5) is 0. The molecule has 0 unspecified atom stereocenters. The van der Waals surface area contributed by atoms with E-state index < -0.39 is 0 Å². The number of hydrogen-bond donors (Lipinski definition) is 1. The zero-order chi connectivity index (χ0) is 14.4. The van der Waals surface area contributed by atoms with Crippen LogP contribution in [0.2, 0.25) is 0 Å². The van der Waals surface area contributed by atoms with Crippen LogP contribution >= 0.6 is 12.2 Å². The van der Waals surface area contributed by atoms with E-state index in [-0.39, 0.29) is 0 Å². The van der Waals surface area contributed by atoms with E-state index in [0.29, 0.717) is 4.77 Å². The van der Waals surface area contributed by atoms with Crippen molar-refractivity contribution >= 4 is 24.5 Å². The third-order valence-electron chi connectivity index (χ3n) is 2.76. The third-order valence-corrected chi connectivity index (χ3v) is 3.03. The third kappa shape index (κ3) is 3.74. The molecular weight excluding hydrogens is 268 g/mol. The predicted molar refractivity (Wildman–Crippen MR) is 85.4 cm³/mol. The summed E-state index contributed by atoms with van der Waals surface area (Å²) in [6.07, 6.45) is 5.74. The summed E-state index contributed by atoms with van der Waals surface area (Å²) in [7, 11) is 0. The average Bonchev–Trinajstić information content (AvgIpc) is 2.79. The molecule has 0 aliphatic carbocycles. The van der Waals surface area contributed by atoms with Crippen LogP contribution in [0.3, 0.4) is 0 Å². The van der Waals surface area contributed by atoms with Crippen molar-refractivity contribution in [3.8, 4) is 0 Å². The monoisotopic (exact) mass is 286 g/mol. The Morgan fingerprint density at radius 3 is 2.85 bits per heavy atom. The number of benzene rings is 1. The maximum Gasteiger partial charge on any atom is 0.216 e.